The lowest BCUT2D eigenvalue weighted by Gasteiger charge is -1.92. The van der Waals surface area contributed by atoms with Gasteiger partial charge in [-0.3, -0.25) is 4.79 Å². The molecule has 1 aliphatic carbocycles. The lowest BCUT2D eigenvalue weighted by Crippen LogP contribution is -2.01. The van der Waals surface area contributed by atoms with E-state index in [1.165, 1.54) is 25.3 Å². The number of rotatable bonds is 1. The van der Waals surface area contributed by atoms with Gasteiger partial charge in [0.15, 0.2) is 5.78 Å². The normalized spacial score (nSPS) is 15.3. The van der Waals surface area contributed by atoms with Gasteiger partial charge in [-0.1, -0.05) is 0 Å². The van der Waals surface area contributed by atoms with Gasteiger partial charge in [0.05, 0.1) is 12.7 Å². The van der Waals surface area contributed by atoms with Crippen LogP contribution in [0.3, 0.4) is 0 Å². The second-order valence-corrected chi connectivity index (χ2v) is 1.83. The van der Waals surface area contributed by atoms with Gasteiger partial charge in [0.25, 0.3) is 0 Å². The van der Waals surface area contributed by atoms with Crippen LogP contribution in [0.15, 0.2) is 23.8 Å². The summed E-state index contributed by atoms with van der Waals surface area (Å²) >= 11 is 0. The predicted octanol–water partition coefficient (Wildman–Crippen LogP) is 0.225. The number of ketones is 1. The molecule has 1 rings (SSSR count). The SMILES string of the molecule is COC(=O)C1=CC(=O)C=C1. The molecule has 0 heterocycles. The lowest BCUT2D eigenvalue weighted by atomic mass is 10.3. The largest absolute Gasteiger partial charge is 0.465 e. The van der Waals surface area contributed by atoms with E-state index in [1.54, 1.807) is 0 Å². The van der Waals surface area contributed by atoms with Crippen molar-refractivity contribution in [1.29, 1.82) is 0 Å². The zero-order chi connectivity index (χ0) is 7.56. The molecular formula is C7H6O3. The standard InChI is InChI=1S/C7H6O3/c1-10-7(9)5-2-3-6(8)4-5/h2-4H,1H3. The molecule has 0 saturated carbocycles. The maximum Gasteiger partial charge on any atom is 0.337 e. The van der Waals surface area contributed by atoms with Crippen molar-refractivity contribution in [3.63, 3.8) is 0 Å². The molecule has 10 heavy (non-hydrogen) atoms. The van der Waals surface area contributed by atoms with E-state index in [4.69, 9.17) is 0 Å². The molecule has 0 radical (unpaired) electrons. The van der Waals surface area contributed by atoms with Gasteiger partial charge in [-0.2, -0.15) is 0 Å². The molecule has 0 bridgehead atoms. The molecule has 0 aliphatic heterocycles. The molecule has 0 unspecified atom stereocenters. The Labute approximate surface area is 58.0 Å². The highest BCUT2D eigenvalue weighted by molar-refractivity contribution is 6.10. The first-order chi connectivity index (χ1) is 4.74. The summed E-state index contributed by atoms with van der Waals surface area (Å²) in [5, 5.41) is 0. The molecule has 0 saturated heterocycles. The van der Waals surface area contributed by atoms with Crippen LogP contribution >= 0.6 is 0 Å². The fourth-order valence-corrected chi connectivity index (χ4v) is 0.666. The molecule has 0 amide bonds. The van der Waals surface area contributed by atoms with Gasteiger partial charge in [0.1, 0.15) is 0 Å². The van der Waals surface area contributed by atoms with Crippen LogP contribution in [0.4, 0.5) is 0 Å². The molecule has 0 spiro atoms. The fraction of sp³-hybridized carbons (Fsp3) is 0.143. The molecule has 0 aromatic heterocycles. The molecule has 3 heteroatoms. The highest BCUT2D eigenvalue weighted by Crippen LogP contribution is 2.06. The summed E-state index contributed by atoms with van der Waals surface area (Å²) in [6.45, 7) is 0. The zero-order valence-corrected chi connectivity index (χ0v) is 5.46. The Balaban J connectivity index is 2.77. The van der Waals surface area contributed by atoms with Gasteiger partial charge in [-0.05, 0) is 18.2 Å². The molecular weight excluding hydrogens is 132 g/mol. The molecule has 1 aliphatic rings. The molecule has 52 valence electrons. The van der Waals surface area contributed by atoms with Gasteiger partial charge >= 0.3 is 5.97 Å². The zero-order valence-electron chi connectivity index (χ0n) is 5.46. The first-order valence-corrected chi connectivity index (χ1v) is 2.76. The first-order valence-electron chi connectivity index (χ1n) is 2.76. The summed E-state index contributed by atoms with van der Waals surface area (Å²) in [5.74, 6) is -0.637. The number of ether oxygens (including phenoxy) is 1. The number of esters is 1. The Kier molecular flexibility index (Phi) is 1.67. The van der Waals surface area contributed by atoms with Crippen LogP contribution in [0.2, 0.25) is 0 Å². The maximum atomic E-state index is 10.7. The van der Waals surface area contributed by atoms with Crippen molar-refractivity contribution in [2.75, 3.05) is 7.11 Å². The van der Waals surface area contributed by atoms with Crippen molar-refractivity contribution in [3.8, 4) is 0 Å². The Bertz CT molecular complexity index is 235. The number of hydrogen-bond acceptors (Lipinski definition) is 3. The molecule has 0 fully saturated rings. The van der Waals surface area contributed by atoms with Crippen LogP contribution in [0.5, 0.6) is 0 Å². The fourth-order valence-electron chi connectivity index (χ4n) is 0.666. The van der Waals surface area contributed by atoms with E-state index < -0.39 is 5.97 Å². The molecule has 0 aromatic rings. The Hall–Kier alpha value is -1.38. The third-order valence-electron chi connectivity index (χ3n) is 1.15. The van der Waals surface area contributed by atoms with E-state index in [1.807, 2.05) is 0 Å². The second-order valence-electron chi connectivity index (χ2n) is 1.83. The molecule has 3 nitrogen and oxygen atoms in total. The minimum atomic E-state index is -0.470. The van der Waals surface area contributed by atoms with E-state index in [0.29, 0.717) is 5.57 Å². The Morgan fingerprint density at radius 3 is 2.60 bits per heavy atom. The number of carbonyl (C=O) groups excluding carboxylic acids is 2. The quantitative estimate of drug-likeness (QED) is 0.487. The van der Waals surface area contributed by atoms with Crippen LogP contribution in [0, 0.1) is 0 Å². The van der Waals surface area contributed by atoms with Crippen LogP contribution in [-0.2, 0) is 14.3 Å². The van der Waals surface area contributed by atoms with E-state index in [9.17, 15) is 9.59 Å². The minimum Gasteiger partial charge on any atom is -0.465 e. The maximum absolute atomic E-state index is 10.7. The lowest BCUT2D eigenvalue weighted by molar-refractivity contribution is -0.135. The molecule has 0 aromatic carbocycles. The summed E-state index contributed by atoms with van der Waals surface area (Å²) in [7, 11) is 1.28. The third kappa shape index (κ3) is 1.13. The third-order valence-corrected chi connectivity index (χ3v) is 1.15. The van der Waals surface area contributed by atoms with Crippen molar-refractivity contribution in [2.24, 2.45) is 0 Å². The number of hydrogen-bond donors (Lipinski definition) is 0. The van der Waals surface area contributed by atoms with Crippen molar-refractivity contribution in [1.82, 2.24) is 0 Å². The van der Waals surface area contributed by atoms with E-state index in [0.717, 1.165) is 0 Å². The summed E-state index contributed by atoms with van der Waals surface area (Å²) in [4.78, 5) is 21.2. The highest BCUT2D eigenvalue weighted by atomic mass is 16.5. The van der Waals surface area contributed by atoms with Crippen LogP contribution in [0.25, 0.3) is 0 Å². The summed E-state index contributed by atoms with van der Waals surface area (Å²) < 4.78 is 4.37. The van der Waals surface area contributed by atoms with Gasteiger partial charge in [0, 0.05) is 0 Å². The van der Waals surface area contributed by atoms with Gasteiger partial charge in [0.2, 0.25) is 0 Å². The molecule has 0 atom stereocenters. The number of allylic oxidation sites excluding steroid dienone is 2. The first kappa shape index (κ1) is 6.74. The van der Waals surface area contributed by atoms with Crippen molar-refractivity contribution >= 4 is 11.8 Å². The second kappa shape index (κ2) is 2.47. The van der Waals surface area contributed by atoms with Crippen LogP contribution < -0.4 is 0 Å². The average molecular weight is 138 g/mol. The topological polar surface area (TPSA) is 43.4 Å². The van der Waals surface area contributed by atoms with Crippen LogP contribution in [-0.4, -0.2) is 18.9 Å². The summed E-state index contributed by atoms with van der Waals surface area (Å²) in [5.41, 5.74) is 0.313. The Morgan fingerprint density at radius 1 is 1.50 bits per heavy atom. The monoisotopic (exact) mass is 138 g/mol. The highest BCUT2D eigenvalue weighted by Gasteiger charge is 2.11. The number of carbonyl (C=O) groups is 2. The van der Waals surface area contributed by atoms with Crippen LogP contribution in [0.1, 0.15) is 0 Å². The summed E-state index contributed by atoms with van der Waals surface area (Å²) in [6.07, 6.45) is 4.01. The smallest absolute Gasteiger partial charge is 0.337 e. The summed E-state index contributed by atoms with van der Waals surface area (Å²) in [6, 6.07) is 0. The van der Waals surface area contributed by atoms with Crippen molar-refractivity contribution in [2.45, 2.75) is 0 Å². The van der Waals surface area contributed by atoms with Gasteiger partial charge < -0.3 is 4.74 Å². The van der Waals surface area contributed by atoms with Crippen molar-refractivity contribution in [3.05, 3.63) is 23.8 Å². The molecule has 0 N–H and O–H groups in total. The van der Waals surface area contributed by atoms with E-state index >= 15 is 0 Å². The Morgan fingerprint density at radius 2 is 2.20 bits per heavy atom. The van der Waals surface area contributed by atoms with Crippen molar-refractivity contribution < 1.29 is 14.3 Å². The van der Waals surface area contributed by atoms with Gasteiger partial charge in [-0.15, -0.1) is 0 Å². The minimum absolute atomic E-state index is 0.166. The average Bonchev–Trinajstić information content (AvgIpc) is 2.34. The number of methoxy groups -OCH3 is 1. The van der Waals surface area contributed by atoms with Gasteiger partial charge in [-0.25, -0.2) is 4.79 Å². The van der Waals surface area contributed by atoms with E-state index in [-0.39, 0.29) is 5.78 Å². The van der Waals surface area contributed by atoms with E-state index in [2.05, 4.69) is 4.74 Å². The predicted molar refractivity (Wildman–Crippen MR) is 34.2 cm³/mol.